The molecule has 0 amide bonds. The Morgan fingerprint density at radius 1 is 1.09 bits per heavy atom. The molecule has 0 radical (unpaired) electrons. The van der Waals surface area contributed by atoms with Crippen LogP contribution < -0.4 is 19.9 Å². The molecule has 0 aliphatic carbocycles. The summed E-state index contributed by atoms with van der Waals surface area (Å²) in [6.07, 6.45) is 4.38. The number of ether oxygens (including phenoxy) is 1. The maximum atomic E-state index is 15.4. The van der Waals surface area contributed by atoms with Crippen molar-refractivity contribution in [3.8, 4) is 6.01 Å². The number of aromatic nitrogens is 3. The Labute approximate surface area is 197 Å². The standard InChI is InChI=1S/C25H28F2N6O/c1-15-22-23(31-25(30-15)34-3)33(24(32(22)2)19-10-20(26)13-29-12-19)14-18-5-4-17(11-21(18)27)16-6-8-28-9-7-16/h4-5,10-13,16,24,28H,6-9,14H2,1-3H3. The molecule has 2 aliphatic heterocycles. The average molecular weight is 467 g/mol. The highest BCUT2D eigenvalue weighted by Crippen LogP contribution is 2.47. The molecule has 1 fully saturated rings. The van der Waals surface area contributed by atoms with Crippen LogP contribution in [0.2, 0.25) is 0 Å². The molecule has 2 aliphatic rings. The van der Waals surface area contributed by atoms with Gasteiger partial charge in [-0.15, -0.1) is 0 Å². The largest absolute Gasteiger partial charge is 0.467 e. The molecule has 1 unspecified atom stereocenters. The van der Waals surface area contributed by atoms with Gasteiger partial charge in [0, 0.05) is 30.9 Å². The normalized spacial score (nSPS) is 18.3. The summed E-state index contributed by atoms with van der Waals surface area (Å²) in [7, 11) is 3.41. The van der Waals surface area contributed by atoms with E-state index in [9.17, 15) is 4.39 Å². The molecule has 4 heterocycles. The number of piperidine rings is 1. The summed E-state index contributed by atoms with van der Waals surface area (Å²) in [6, 6.07) is 7.23. The number of benzene rings is 1. The van der Waals surface area contributed by atoms with Gasteiger partial charge in [-0.25, -0.2) is 8.78 Å². The summed E-state index contributed by atoms with van der Waals surface area (Å²) in [6.45, 7) is 4.03. The van der Waals surface area contributed by atoms with Crippen LogP contribution in [0.1, 0.15) is 47.3 Å². The molecule has 178 valence electrons. The molecule has 1 saturated heterocycles. The van der Waals surface area contributed by atoms with E-state index >= 15 is 4.39 Å². The van der Waals surface area contributed by atoms with Gasteiger partial charge in [0.15, 0.2) is 5.82 Å². The lowest BCUT2D eigenvalue weighted by molar-refractivity contribution is 0.379. The van der Waals surface area contributed by atoms with Crippen LogP contribution >= 0.6 is 0 Å². The fourth-order valence-corrected chi connectivity index (χ4v) is 5.10. The minimum absolute atomic E-state index is 0.231. The second-order valence-electron chi connectivity index (χ2n) is 8.89. The topological polar surface area (TPSA) is 66.4 Å². The Hall–Kier alpha value is -3.33. The number of nitrogens with zero attached hydrogens (tertiary/aromatic N) is 5. The first kappa shape index (κ1) is 22.5. The zero-order valence-electron chi connectivity index (χ0n) is 19.6. The van der Waals surface area contributed by atoms with Gasteiger partial charge in [-0.05, 0) is 56.5 Å². The van der Waals surface area contributed by atoms with Crippen LogP contribution in [-0.2, 0) is 6.54 Å². The second-order valence-corrected chi connectivity index (χ2v) is 8.89. The van der Waals surface area contributed by atoms with Crippen LogP contribution in [0, 0.1) is 18.6 Å². The number of fused-ring (bicyclic) bond motifs is 1. The number of pyridine rings is 1. The quantitative estimate of drug-likeness (QED) is 0.608. The maximum Gasteiger partial charge on any atom is 0.318 e. The lowest BCUT2D eigenvalue weighted by Gasteiger charge is -2.31. The molecule has 0 bridgehead atoms. The minimum atomic E-state index is -0.431. The summed E-state index contributed by atoms with van der Waals surface area (Å²) in [5, 5.41) is 3.35. The number of aryl methyl sites for hydroxylation is 1. The summed E-state index contributed by atoms with van der Waals surface area (Å²) in [4.78, 5) is 17.0. The lowest BCUT2D eigenvalue weighted by atomic mass is 9.89. The van der Waals surface area contributed by atoms with Gasteiger partial charge in [0.1, 0.15) is 23.5 Å². The van der Waals surface area contributed by atoms with Gasteiger partial charge in [0.25, 0.3) is 0 Å². The molecule has 3 aromatic rings. The van der Waals surface area contributed by atoms with Crippen molar-refractivity contribution in [2.45, 2.75) is 38.4 Å². The Balaban J connectivity index is 1.54. The highest BCUT2D eigenvalue weighted by atomic mass is 19.1. The van der Waals surface area contributed by atoms with Crippen molar-refractivity contribution in [1.29, 1.82) is 0 Å². The van der Waals surface area contributed by atoms with E-state index in [4.69, 9.17) is 4.74 Å². The fraction of sp³-hybridized carbons (Fsp3) is 0.400. The Morgan fingerprint density at radius 3 is 2.59 bits per heavy atom. The van der Waals surface area contributed by atoms with Crippen LogP contribution in [0.25, 0.3) is 0 Å². The highest BCUT2D eigenvalue weighted by Gasteiger charge is 2.39. The molecule has 1 N–H and O–H groups in total. The van der Waals surface area contributed by atoms with E-state index in [1.54, 1.807) is 12.3 Å². The molecule has 1 atom stereocenters. The monoisotopic (exact) mass is 466 g/mol. The van der Waals surface area contributed by atoms with Gasteiger partial charge in [-0.3, -0.25) is 4.98 Å². The first-order valence-corrected chi connectivity index (χ1v) is 11.5. The van der Waals surface area contributed by atoms with E-state index < -0.39 is 12.0 Å². The van der Waals surface area contributed by atoms with Crippen molar-refractivity contribution in [2.24, 2.45) is 0 Å². The first-order chi connectivity index (χ1) is 16.5. The van der Waals surface area contributed by atoms with Crippen molar-refractivity contribution in [1.82, 2.24) is 20.3 Å². The van der Waals surface area contributed by atoms with Crippen LogP contribution in [0.4, 0.5) is 20.3 Å². The molecule has 1 aromatic carbocycles. The molecule has 5 rings (SSSR count). The van der Waals surface area contributed by atoms with Crippen molar-refractivity contribution in [2.75, 3.05) is 37.0 Å². The zero-order chi connectivity index (χ0) is 23.8. The molecular formula is C25H28F2N6O. The zero-order valence-corrected chi connectivity index (χ0v) is 19.6. The average Bonchev–Trinajstić information content (AvgIpc) is 3.12. The summed E-state index contributed by atoms with van der Waals surface area (Å²) in [5.74, 6) is 0.304. The summed E-state index contributed by atoms with van der Waals surface area (Å²) < 4.78 is 34.8. The van der Waals surface area contributed by atoms with Gasteiger partial charge in [0.05, 0.1) is 19.0 Å². The Kier molecular flexibility index (Phi) is 6.03. The number of nitrogens with one attached hydrogen (secondary N) is 1. The second kappa shape index (κ2) is 9.13. The summed E-state index contributed by atoms with van der Waals surface area (Å²) >= 11 is 0. The fourth-order valence-electron chi connectivity index (χ4n) is 5.10. The summed E-state index contributed by atoms with van der Waals surface area (Å²) in [5.41, 5.74) is 3.74. The molecule has 9 heteroatoms. The van der Waals surface area contributed by atoms with E-state index in [0.29, 0.717) is 22.9 Å². The number of anilines is 2. The molecule has 0 saturated carbocycles. The third kappa shape index (κ3) is 4.04. The number of methoxy groups -OCH3 is 1. The predicted molar refractivity (Wildman–Crippen MR) is 126 cm³/mol. The van der Waals surface area contributed by atoms with E-state index in [0.717, 1.165) is 42.9 Å². The van der Waals surface area contributed by atoms with Gasteiger partial charge < -0.3 is 19.9 Å². The minimum Gasteiger partial charge on any atom is -0.467 e. The van der Waals surface area contributed by atoms with E-state index in [-0.39, 0.29) is 18.4 Å². The van der Waals surface area contributed by atoms with Gasteiger partial charge >= 0.3 is 6.01 Å². The van der Waals surface area contributed by atoms with Gasteiger partial charge in [0.2, 0.25) is 0 Å². The number of rotatable bonds is 5. The SMILES string of the molecule is COc1nc(C)c2c(n1)N(Cc1ccc(C3CCNCC3)cc1F)C(c1cncc(F)c1)N2C. The third-order valence-corrected chi connectivity index (χ3v) is 6.74. The van der Waals surface area contributed by atoms with E-state index in [2.05, 4.69) is 20.3 Å². The highest BCUT2D eigenvalue weighted by molar-refractivity contribution is 5.76. The first-order valence-electron chi connectivity index (χ1n) is 11.5. The maximum absolute atomic E-state index is 15.4. The van der Waals surface area contributed by atoms with Crippen LogP contribution in [0.5, 0.6) is 6.01 Å². The number of hydrogen-bond donors (Lipinski definition) is 1. The van der Waals surface area contributed by atoms with Crippen molar-refractivity contribution >= 4 is 11.5 Å². The smallest absolute Gasteiger partial charge is 0.318 e. The predicted octanol–water partition coefficient (Wildman–Crippen LogP) is 4.09. The lowest BCUT2D eigenvalue weighted by Crippen LogP contribution is -2.34. The Morgan fingerprint density at radius 2 is 1.88 bits per heavy atom. The Bertz CT molecular complexity index is 1200. The number of halogens is 2. The van der Waals surface area contributed by atoms with Crippen LogP contribution in [0.3, 0.4) is 0 Å². The molecule has 34 heavy (non-hydrogen) atoms. The molecule has 2 aromatic heterocycles. The molecule has 0 spiro atoms. The van der Waals surface area contributed by atoms with Crippen LogP contribution in [0.15, 0.2) is 36.7 Å². The van der Waals surface area contributed by atoms with Gasteiger partial charge in [-0.2, -0.15) is 9.97 Å². The molecule has 7 nitrogen and oxygen atoms in total. The molecular weight excluding hydrogens is 438 g/mol. The van der Waals surface area contributed by atoms with E-state index in [1.807, 2.05) is 35.9 Å². The van der Waals surface area contributed by atoms with Crippen molar-refractivity contribution in [3.63, 3.8) is 0 Å². The van der Waals surface area contributed by atoms with Gasteiger partial charge in [-0.1, -0.05) is 12.1 Å². The third-order valence-electron chi connectivity index (χ3n) is 6.74. The van der Waals surface area contributed by atoms with Crippen molar-refractivity contribution in [3.05, 3.63) is 70.7 Å². The number of hydrogen-bond acceptors (Lipinski definition) is 7. The van der Waals surface area contributed by atoms with Crippen molar-refractivity contribution < 1.29 is 13.5 Å². The van der Waals surface area contributed by atoms with Crippen LogP contribution in [-0.4, -0.2) is 42.2 Å². The van der Waals surface area contributed by atoms with E-state index in [1.165, 1.54) is 19.4 Å².